The molecule has 0 atom stereocenters. The predicted octanol–water partition coefficient (Wildman–Crippen LogP) is 9.58. The molecule has 0 radical (unpaired) electrons. The lowest BCUT2D eigenvalue weighted by atomic mass is 9.95. The second-order valence-corrected chi connectivity index (χ2v) is 10.1. The van der Waals surface area contributed by atoms with E-state index in [1.165, 1.54) is 11.1 Å². The number of nitrogens with zero attached hydrogens (tertiary/aromatic N) is 2. The van der Waals surface area contributed by atoms with Gasteiger partial charge in [0, 0.05) is 10.0 Å². The highest BCUT2D eigenvalue weighted by atomic mass is 35.5. The Morgan fingerprint density at radius 2 is 0.763 bits per heavy atom. The Hall–Kier alpha value is -3.98. The Balaban J connectivity index is 1.53. The summed E-state index contributed by atoms with van der Waals surface area (Å²) in [6, 6.07) is 32.7. The van der Waals surface area contributed by atoms with Gasteiger partial charge in [-0.2, -0.15) is 0 Å². The van der Waals surface area contributed by atoms with Crippen LogP contribution in [0.15, 0.2) is 109 Å². The summed E-state index contributed by atoms with van der Waals surface area (Å²) in [6.45, 7) is 4.19. The summed E-state index contributed by atoms with van der Waals surface area (Å²) in [4.78, 5) is 9.49. The van der Waals surface area contributed by atoms with Crippen LogP contribution in [0.25, 0.3) is 23.3 Å². The van der Waals surface area contributed by atoms with Crippen LogP contribution in [0.1, 0.15) is 44.8 Å². The van der Waals surface area contributed by atoms with Crippen LogP contribution in [0.2, 0.25) is 10.0 Å². The lowest BCUT2D eigenvalue weighted by Gasteiger charge is -2.11. The van der Waals surface area contributed by atoms with Crippen molar-refractivity contribution in [2.75, 3.05) is 0 Å². The molecule has 0 N–H and O–H groups in total. The third kappa shape index (κ3) is 6.28. The zero-order valence-corrected chi connectivity index (χ0v) is 22.7. The van der Waals surface area contributed by atoms with Crippen LogP contribution in [0.5, 0.6) is 0 Å². The highest BCUT2D eigenvalue weighted by Crippen LogP contribution is 2.29. The van der Waals surface area contributed by atoms with Gasteiger partial charge in [-0.1, -0.05) is 107 Å². The molecule has 38 heavy (non-hydrogen) atoms. The monoisotopic (exact) mass is 532 g/mol. The van der Waals surface area contributed by atoms with Gasteiger partial charge in [0.2, 0.25) is 0 Å². The van der Waals surface area contributed by atoms with E-state index in [0.717, 1.165) is 44.8 Å². The lowest BCUT2D eigenvalue weighted by Crippen LogP contribution is -1.93. The van der Waals surface area contributed by atoms with Gasteiger partial charge in [0.1, 0.15) is 0 Å². The maximum absolute atomic E-state index is 6.14. The molecule has 0 bridgehead atoms. The molecule has 5 rings (SSSR count). The molecule has 1 heterocycles. The van der Waals surface area contributed by atoms with E-state index >= 15 is 0 Å². The van der Waals surface area contributed by atoms with Gasteiger partial charge in [0.15, 0.2) is 0 Å². The SMILES string of the molecule is Cc1ccc(C(=Cc2cnc(C=C(c3ccc(Cl)cc3)c3ccc(Cl)cc3)cn2)c2ccc(C)cc2)cc1. The molecular formula is C34H26Cl2N2. The molecule has 0 saturated heterocycles. The Kier molecular flexibility index (Phi) is 7.83. The minimum Gasteiger partial charge on any atom is -0.253 e. The van der Waals surface area contributed by atoms with E-state index in [1.807, 2.05) is 60.8 Å². The van der Waals surface area contributed by atoms with Crippen molar-refractivity contribution in [1.82, 2.24) is 9.97 Å². The number of halogens is 2. The average Bonchev–Trinajstić information content (AvgIpc) is 2.93. The Labute approximate surface area is 234 Å². The van der Waals surface area contributed by atoms with E-state index in [9.17, 15) is 0 Å². The highest BCUT2D eigenvalue weighted by Gasteiger charge is 2.09. The summed E-state index contributed by atoms with van der Waals surface area (Å²) in [7, 11) is 0. The maximum Gasteiger partial charge on any atom is 0.0819 e. The Morgan fingerprint density at radius 3 is 1.05 bits per heavy atom. The third-order valence-corrected chi connectivity index (χ3v) is 6.82. The van der Waals surface area contributed by atoms with E-state index in [0.29, 0.717) is 10.0 Å². The number of aromatic nitrogens is 2. The van der Waals surface area contributed by atoms with Gasteiger partial charge in [-0.05, 0) is 83.7 Å². The smallest absolute Gasteiger partial charge is 0.0819 e. The topological polar surface area (TPSA) is 25.8 Å². The molecule has 4 aromatic carbocycles. The lowest BCUT2D eigenvalue weighted by molar-refractivity contribution is 1.16. The Bertz CT molecular complexity index is 1360. The average molecular weight is 534 g/mol. The van der Waals surface area contributed by atoms with Gasteiger partial charge in [0.25, 0.3) is 0 Å². The summed E-state index contributed by atoms with van der Waals surface area (Å²) in [6.07, 6.45) is 7.75. The van der Waals surface area contributed by atoms with Gasteiger partial charge in [-0.15, -0.1) is 0 Å². The van der Waals surface area contributed by atoms with Crippen LogP contribution in [0.4, 0.5) is 0 Å². The molecule has 0 aliphatic carbocycles. The maximum atomic E-state index is 6.14. The van der Waals surface area contributed by atoms with E-state index in [-0.39, 0.29) is 0 Å². The molecule has 0 amide bonds. The number of hydrogen-bond acceptors (Lipinski definition) is 2. The second-order valence-electron chi connectivity index (χ2n) is 9.23. The van der Waals surface area contributed by atoms with Gasteiger partial charge in [-0.25, -0.2) is 0 Å². The van der Waals surface area contributed by atoms with Gasteiger partial charge in [-0.3, -0.25) is 9.97 Å². The fraction of sp³-hybridized carbons (Fsp3) is 0.0588. The van der Waals surface area contributed by atoms with E-state index in [2.05, 4.69) is 68.5 Å². The second kappa shape index (κ2) is 11.6. The number of aryl methyl sites for hydroxylation is 2. The van der Waals surface area contributed by atoms with Crippen LogP contribution in [-0.2, 0) is 0 Å². The first-order valence-electron chi connectivity index (χ1n) is 12.4. The van der Waals surface area contributed by atoms with Crippen molar-refractivity contribution < 1.29 is 0 Å². The van der Waals surface area contributed by atoms with Crippen molar-refractivity contribution in [3.63, 3.8) is 0 Å². The fourth-order valence-electron chi connectivity index (χ4n) is 4.18. The number of rotatable bonds is 6. The normalized spacial score (nSPS) is 10.6. The fourth-order valence-corrected chi connectivity index (χ4v) is 4.44. The zero-order chi connectivity index (χ0) is 26.5. The minimum atomic E-state index is 0.693. The number of benzene rings is 4. The summed E-state index contributed by atoms with van der Waals surface area (Å²) in [5.41, 5.74) is 10.5. The molecule has 0 spiro atoms. The summed E-state index contributed by atoms with van der Waals surface area (Å²) >= 11 is 12.3. The molecule has 0 saturated carbocycles. The van der Waals surface area contributed by atoms with E-state index < -0.39 is 0 Å². The van der Waals surface area contributed by atoms with Crippen LogP contribution in [0, 0.1) is 13.8 Å². The molecule has 0 aliphatic heterocycles. The molecule has 1 aromatic heterocycles. The molecule has 2 nitrogen and oxygen atoms in total. The van der Waals surface area contributed by atoms with Crippen molar-refractivity contribution >= 4 is 46.5 Å². The van der Waals surface area contributed by atoms with Crippen molar-refractivity contribution in [2.45, 2.75) is 13.8 Å². The largest absolute Gasteiger partial charge is 0.253 e. The minimum absolute atomic E-state index is 0.693. The van der Waals surface area contributed by atoms with Crippen LogP contribution >= 0.6 is 23.2 Å². The summed E-state index contributed by atoms with van der Waals surface area (Å²) in [5.74, 6) is 0. The van der Waals surface area contributed by atoms with Gasteiger partial charge < -0.3 is 0 Å². The summed E-state index contributed by atoms with van der Waals surface area (Å²) < 4.78 is 0. The quantitative estimate of drug-likeness (QED) is 0.217. The van der Waals surface area contributed by atoms with E-state index in [1.54, 1.807) is 6.20 Å². The van der Waals surface area contributed by atoms with Crippen molar-refractivity contribution in [1.29, 1.82) is 0 Å². The van der Waals surface area contributed by atoms with Crippen LogP contribution in [-0.4, -0.2) is 9.97 Å². The van der Waals surface area contributed by atoms with Crippen molar-refractivity contribution in [3.05, 3.63) is 164 Å². The molecular weight excluding hydrogens is 507 g/mol. The first-order chi connectivity index (χ1) is 18.4. The van der Waals surface area contributed by atoms with Crippen LogP contribution in [0.3, 0.4) is 0 Å². The molecule has 0 unspecified atom stereocenters. The third-order valence-electron chi connectivity index (χ3n) is 6.31. The van der Waals surface area contributed by atoms with Crippen molar-refractivity contribution in [3.8, 4) is 0 Å². The molecule has 4 heteroatoms. The first-order valence-corrected chi connectivity index (χ1v) is 13.1. The number of hydrogen-bond donors (Lipinski definition) is 0. The van der Waals surface area contributed by atoms with Gasteiger partial charge >= 0.3 is 0 Å². The predicted molar refractivity (Wildman–Crippen MR) is 161 cm³/mol. The molecule has 0 aliphatic rings. The molecule has 186 valence electrons. The standard InChI is InChI=1S/C34H26Cl2N2/c1-23-3-7-25(8-4-23)33(26-9-5-24(2)6-10-26)19-31-21-38-32(22-37-31)20-34(27-11-15-29(35)16-12-27)28-13-17-30(36)18-14-28/h3-22H,1-2H3. The zero-order valence-electron chi connectivity index (χ0n) is 21.2. The molecule has 5 aromatic rings. The van der Waals surface area contributed by atoms with Crippen molar-refractivity contribution in [2.24, 2.45) is 0 Å². The summed E-state index contributed by atoms with van der Waals surface area (Å²) in [5, 5.41) is 1.39. The highest BCUT2D eigenvalue weighted by molar-refractivity contribution is 6.31. The Morgan fingerprint density at radius 1 is 0.474 bits per heavy atom. The van der Waals surface area contributed by atoms with E-state index in [4.69, 9.17) is 33.2 Å². The van der Waals surface area contributed by atoms with Gasteiger partial charge in [0.05, 0.1) is 23.8 Å². The van der Waals surface area contributed by atoms with Crippen LogP contribution < -0.4 is 0 Å². The first kappa shape index (κ1) is 25.7. The molecule has 0 fully saturated rings.